The second kappa shape index (κ2) is 5.89. The molecule has 2 aromatic rings. The van der Waals surface area contributed by atoms with Crippen molar-refractivity contribution in [1.82, 2.24) is 4.98 Å². The first kappa shape index (κ1) is 13.6. The summed E-state index contributed by atoms with van der Waals surface area (Å²) in [6.07, 6.45) is 1.28. The molecule has 0 fully saturated rings. The van der Waals surface area contributed by atoms with Gasteiger partial charge in [0.1, 0.15) is 5.15 Å². The molecule has 0 bridgehead atoms. The van der Waals surface area contributed by atoms with E-state index in [0.717, 1.165) is 5.56 Å². The lowest BCUT2D eigenvalue weighted by Crippen LogP contribution is -2.02. The number of nitrogens with zero attached hydrogens (tertiary/aromatic N) is 1. The summed E-state index contributed by atoms with van der Waals surface area (Å²) < 4.78 is 0. The summed E-state index contributed by atoms with van der Waals surface area (Å²) in [6.45, 7) is 0. The van der Waals surface area contributed by atoms with Crippen LogP contribution in [0.4, 0.5) is 0 Å². The number of rotatable bonds is 3. The van der Waals surface area contributed by atoms with Crippen LogP contribution in [0.25, 0.3) is 0 Å². The van der Waals surface area contributed by atoms with E-state index >= 15 is 0 Å². The second-order valence-corrected chi connectivity index (χ2v) is 5.10. The van der Waals surface area contributed by atoms with Gasteiger partial charge in [0, 0.05) is 22.7 Å². The Morgan fingerprint density at radius 2 is 1.89 bits per heavy atom. The Balaban J connectivity index is 2.18. The third-order valence-corrected chi connectivity index (χ3v) is 3.36. The van der Waals surface area contributed by atoms with E-state index in [1.165, 1.54) is 0 Å². The Morgan fingerprint density at radius 3 is 2.56 bits per heavy atom. The summed E-state index contributed by atoms with van der Waals surface area (Å²) in [6, 6.07) is 8.56. The molecule has 0 saturated carbocycles. The summed E-state index contributed by atoms with van der Waals surface area (Å²) >= 11 is 17.7. The van der Waals surface area contributed by atoms with Gasteiger partial charge in [-0.05, 0) is 35.4 Å². The molecular weight excluding hydrogens is 293 g/mol. The van der Waals surface area contributed by atoms with Crippen LogP contribution in [0.3, 0.4) is 0 Å². The molecule has 94 valence electrons. The van der Waals surface area contributed by atoms with Crippen molar-refractivity contribution < 1.29 is 5.11 Å². The van der Waals surface area contributed by atoms with E-state index in [0.29, 0.717) is 27.2 Å². The molecule has 0 radical (unpaired) electrons. The summed E-state index contributed by atoms with van der Waals surface area (Å²) in [5, 5.41) is 11.6. The maximum absolute atomic E-state index is 10.1. The van der Waals surface area contributed by atoms with Crippen molar-refractivity contribution in [3.63, 3.8) is 0 Å². The Bertz CT molecular complexity index is 560. The van der Waals surface area contributed by atoms with E-state index in [1.807, 2.05) is 0 Å². The molecular formula is C13H10Cl3NO. The maximum Gasteiger partial charge on any atom is 0.129 e. The molecule has 1 aromatic carbocycles. The Labute approximate surface area is 120 Å². The van der Waals surface area contributed by atoms with Gasteiger partial charge in [0.25, 0.3) is 0 Å². The predicted octanol–water partition coefficient (Wildman–Crippen LogP) is 4.32. The Morgan fingerprint density at radius 1 is 1.11 bits per heavy atom. The highest BCUT2D eigenvalue weighted by Gasteiger charge is 2.11. The SMILES string of the molecule is OC(Cc1ccc(Cl)cc1Cl)c1ccnc(Cl)c1. The molecule has 1 aromatic heterocycles. The van der Waals surface area contributed by atoms with Crippen LogP contribution in [-0.4, -0.2) is 10.1 Å². The topological polar surface area (TPSA) is 33.1 Å². The van der Waals surface area contributed by atoms with E-state index in [9.17, 15) is 5.11 Å². The number of aliphatic hydroxyl groups excluding tert-OH is 1. The van der Waals surface area contributed by atoms with Crippen LogP contribution in [0.15, 0.2) is 36.5 Å². The minimum absolute atomic E-state index is 0.355. The van der Waals surface area contributed by atoms with Crippen LogP contribution in [0, 0.1) is 0 Å². The van der Waals surface area contributed by atoms with Gasteiger partial charge in [-0.2, -0.15) is 0 Å². The molecule has 1 atom stereocenters. The van der Waals surface area contributed by atoms with Crippen LogP contribution in [-0.2, 0) is 6.42 Å². The zero-order valence-electron chi connectivity index (χ0n) is 9.28. The number of hydrogen-bond acceptors (Lipinski definition) is 2. The van der Waals surface area contributed by atoms with Gasteiger partial charge >= 0.3 is 0 Å². The number of hydrogen-bond donors (Lipinski definition) is 1. The van der Waals surface area contributed by atoms with Crippen molar-refractivity contribution in [3.8, 4) is 0 Å². The predicted molar refractivity (Wildman–Crippen MR) is 74.4 cm³/mol. The van der Waals surface area contributed by atoms with Gasteiger partial charge in [0.05, 0.1) is 6.10 Å². The van der Waals surface area contributed by atoms with Gasteiger partial charge in [0.2, 0.25) is 0 Å². The summed E-state index contributed by atoms with van der Waals surface area (Å²) in [5.41, 5.74) is 1.54. The fourth-order valence-electron chi connectivity index (χ4n) is 1.64. The fourth-order valence-corrected chi connectivity index (χ4v) is 2.31. The van der Waals surface area contributed by atoms with Gasteiger partial charge in [0.15, 0.2) is 0 Å². The van der Waals surface area contributed by atoms with Crippen molar-refractivity contribution in [1.29, 1.82) is 0 Å². The highest BCUT2D eigenvalue weighted by molar-refractivity contribution is 6.35. The third-order valence-electron chi connectivity index (χ3n) is 2.56. The standard InChI is InChI=1S/C13H10Cl3NO/c14-10-2-1-8(11(15)7-10)5-12(18)9-3-4-17-13(16)6-9/h1-4,6-7,12,18H,5H2. The monoisotopic (exact) mass is 301 g/mol. The Hall–Kier alpha value is -0.800. The first-order valence-electron chi connectivity index (χ1n) is 5.29. The average Bonchev–Trinajstić information content (AvgIpc) is 2.32. The second-order valence-electron chi connectivity index (χ2n) is 3.87. The van der Waals surface area contributed by atoms with Crippen molar-refractivity contribution in [2.75, 3.05) is 0 Å². The van der Waals surface area contributed by atoms with Crippen molar-refractivity contribution in [2.45, 2.75) is 12.5 Å². The lowest BCUT2D eigenvalue weighted by molar-refractivity contribution is 0.178. The van der Waals surface area contributed by atoms with Gasteiger partial charge in [-0.15, -0.1) is 0 Å². The molecule has 0 saturated heterocycles. The average molecular weight is 303 g/mol. The molecule has 1 heterocycles. The molecule has 2 rings (SSSR count). The normalized spacial score (nSPS) is 12.4. The largest absolute Gasteiger partial charge is 0.388 e. The number of halogens is 3. The molecule has 0 amide bonds. The molecule has 2 nitrogen and oxygen atoms in total. The maximum atomic E-state index is 10.1. The first-order chi connectivity index (χ1) is 8.56. The van der Waals surface area contributed by atoms with Gasteiger partial charge < -0.3 is 5.11 Å². The van der Waals surface area contributed by atoms with E-state index in [1.54, 1.807) is 36.5 Å². The van der Waals surface area contributed by atoms with Crippen LogP contribution >= 0.6 is 34.8 Å². The molecule has 1 unspecified atom stereocenters. The smallest absolute Gasteiger partial charge is 0.129 e. The van der Waals surface area contributed by atoms with E-state index < -0.39 is 6.10 Å². The van der Waals surface area contributed by atoms with E-state index in [-0.39, 0.29) is 0 Å². The number of benzene rings is 1. The molecule has 0 aliphatic carbocycles. The minimum atomic E-state index is -0.677. The lowest BCUT2D eigenvalue weighted by Gasteiger charge is -2.12. The van der Waals surface area contributed by atoms with Gasteiger partial charge in [-0.25, -0.2) is 4.98 Å². The van der Waals surface area contributed by atoms with Gasteiger partial charge in [-0.1, -0.05) is 40.9 Å². The van der Waals surface area contributed by atoms with E-state index in [2.05, 4.69) is 4.98 Å². The van der Waals surface area contributed by atoms with Crippen LogP contribution in [0.1, 0.15) is 17.2 Å². The number of aliphatic hydroxyl groups is 1. The number of aromatic nitrogens is 1. The van der Waals surface area contributed by atoms with Crippen molar-refractivity contribution in [3.05, 3.63) is 62.9 Å². The van der Waals surface area contributed by atoms with Crippen molar-refractivity contribution >= 4 is 34.8 Å². The summed E-state index contributed by atoms with van der Waals surface area (Å²) in [7, 11) is 0. The quantitative estimate of drug-likeness (QED) is 0.857. The lowest BCUT2D eigenvalue weighted by atomic mass is 10.0. The molecule has 0 aliphatic heterocycles. The molecule has 18 heavy (non-hydrogen) atoms. The zero-order valence-corrected chi connectivity index (χ0v) is 11.5. The fraction of sp³-hybridized carbons (Fsp3) is 0.154. The highest BCUT2D eigenvalue weighted by atomic mass is 35.5. The number of pyridine rings is 1. The molecule has 0 aliphatic rings. The summed E-state index contributed by atoms with van der Waals surface area (Å²) in [5.74, 6) is 0. The van der Waals surface area contributed by atoms with Crippen LogP contribution in [0.2, 0.25) is 15.2 Å². The zero-order chi connectivity index (χ0) is 13.1. The van der Waals surface area contributed by atoms with Gasteiger partial charge in [-0.3, -0.25) is 0 Å². The molecule has 0 spiro atoms. The van der Waals surface area contributed by atoms with Crippen LogP contribution in [0.5, 0.6) is 0 Å². The third kappa shape index (κ3) is 3.36. The van der Waals surface area contributed by atoms with E-state index in [4.69, 9.17) is 34.8 Å². The minimum Gasteiger partial charge on any atom is -0.388 e. The first-order valence-corrected chi connectivity index (χ1v) is 6.43. The van der Waals surface area contributed by atoms with Crippen LogP contribution < -0.4 is 0 Å². The molecule has 1 N–H and O–H groups in total. The molecule has 5 heteroatoms. The highest BCUT2D eigenvalue weighted by Crippen LogP contribution is 2.26. The van der Waals surface area contributed by atoms with Crippen molar-refractivity contribution in [2.24, 2.45) is 0 Å². The summed E-state index contributed by atoms with van der Waals surface area (Å²) in [4.78, 5) is 3.87. The Kier molecular flexibility index (Phi) is 4.46.